The van der Waals surface area contributed by atoms with Gasteiger partial charge in [0.25, 0.3) is 0 Å². The predicted octanol–water partition coefficient (Wildman–Crippen LogP) is 1.10. The van der Waals surface area contributed by atoms with Crippen LogP contribution >= 0.6 is 0 Å². The number of aromatic nitrogens is 2. The first-order valence-corrected chi connectivity index (χ1v) is 3.96. The lowest BCUT2D eigenvalue weighted by Gasteiger charge is -2.02. The molecule has 0 amide bonds. The number of rotatable bonds is 0. The van der Waals surface area contributed by atoms with E-state index < -0.39 is 0 Å². The summed E-state index contributed by atoms with van der Waals surface area (Å²) in [5.41, 5.74) is 13.1. The van der Waals surface area contributed by atoms with Crippen molar-refractivity contribution in [3.63, 3.8) is 0 Å². The van der Waals surface area contributed by atoms with E-state index in [1.54, 1.807) is 0 Å². The maximum Gasteiger partial charge on any atom is 0.222 e. The average molecular weight is 174 g/mol. The molecule has 0 aliphatic carbocycles. The topological polar surface area (TPSA) is 77.8 Å². The van der Waals surface area contributed by atoms with Crippen molar-refractivity contribution in [2.24, 2.45) is 0 Å². The van der Waals surface area contributed by atoms with Gasteiger partial charge in [-0.05, 0) is 24.6 Å². The summed E-state index contributed by atoms with van der Waals surface area (Å²) in [6.07, 6.45) is 0. The minimum absolute atomic E-state index is 0.218. The van der Waals surface area contributed by atoms with Gasteiger partial charge in [-0.25, -0.2) is 4.98 Å². The zero-order valence-electron chi connectivity index (χ0n) is 7.28. The van der Waals surface area contributed by atoms with Gasteiger partial charge in [0.15, 0.2) is 0 Å². The Hall–Kier alpha value is -1.84. The highest BCUT2D eigenvalue weighted by molar-refractivity contribution is 5.89. The van der Waals surface area contributed by atoms with E-state index in [1.807, 2.05) is 25.1 Å². The average Bonchev–Trinajstić information content (AvgIpc) is 2.02. The molecule has 0 bridgehead atoms. The molecule has 13 heavy (non-hydrogen) atoms. The van der Waals surface area contributed by atoms with Crippen molar-refractivity contribution in [2.75, 3.05) is 11.5 Å². The Bertz CT molecular complexity index is 459. The van der Waals surface area contributed by atoms with E-state index >= 15 is 0 Å². The number of fused-ring (bicyclic) bond motifs is 1. The molecule has 2 rings (SSSR count). The fourth-order valence-electron chi connectivity index (χ4n) is 1.28. The van der Waals surface area contributed by atoms with Gasteiger partial charge in [-0.1, -0.05) is 6.07 Å². The van der Waals surface area contributed by atoms with Crippen LogP contribution in [0.25, 0.3) is 10.9 Å². The van der Waals surface area contributed by atoms with Crippen molar-refractivity contribution in [1.29, 1.82) is 0 Å². The van der Waals surface area contributed by atoms with Gasteiger partial charge in [0, 0.05) is 5.39 Å². The quantitative estimate of drug-likeness (QED) is 0.627. The number of nitrogens with zero attached hydrogens (tertiary/aromatic N) is 2. The van der Waals surface area contributed by atoms with E-state index in [9.17, 15) is 0 Å². The molecule has 0 fully saturated rings. The third kappa shape index (κ3) is 1.26. The molecule has 0 atom stereocenters. The lowest BCUT2D eigenvalue weighted by Crippen LogP contribution is -2.00. The van der Waals surface area contributed by atoms with Crippen LogP contribution < -0.4 is 11.5 Å². The Labute approximate surface area is 75.6 Å². The summed E-state index contributed by atoms with van der Waals surface area (Å²) < 4.78 is 0. The molecule has 0 spiro atoms. The standard InChI is InChI=1S/C9H10N4/c1-5-2-3-6-7(4-5)12-9(11)13-8(6)10/h2-4H,1H3,(H4,10,11,12,13). The van der Waals surface area contributed by atoms with Crippen molar-refractivity contribution in [3.8, 4) is 0 Å². The predicted molar refractivity (Wildman–Crippen MR) is 53.1 cm³/mol. The summed E-state index contributed by atoms with van der Waals surface area (Å²) in [6, 6.07) is 5.81. The number of anilines is 2. The van der Waals surface area contributed by atoms with Crippen LogP contribution in [0.4, 0.5) is 11.8 Å². The monoisotopic (exact) mass is 174 g/mol. The van der Waals surface area contributed by atoms with Crippen LogP contribution in [0.15, 0.2) is 18.2 Å². The molecule has 66 valence electrons. The van der Waals surface area contributed by atoms with Gasteiger partial charge < -0.3 is 11.5 Å². The third-order valence-corrected chi connectivity index (χ3v) is 1.90. The van der Waals surface area contributed by atoms with Gasteiger partial charge in [0.1, 0.15) is 5.82 Å². The molecule has 1 aromatic heterocycles. The molecule has 0 aliphatic rings. The first kappa shape index (κ1) is 7.79. The highest BCUT2D eigenvalue weighted by Gasteiger charge is 2.01. The minimum Gasteiger partial charge on any atom is -0.383 e. The van der Waals surface area contributed by atoms with Crippen LogP contribution in [0.1, 0.15) is 5.56 Å². The fraction of sp³-hybridized carbons (Fsp3) is 0.111. The van der Waals surface area contributed by atoms with Crippen molar-refractivity contribution < 1.29 is 0 Å². The zero-order valence-corrected chi connectivity index (χ0v) is 7.28. The molecule has 1 aromatic carbocycles. The summed E-state index contributed by atoms with van der Waals surface area (Å²) in [7, 11) is 0. The fourth-order valence-corrected chi connectivity index (χ4v) is 1.28. The first-order chi connectivity index (χ1) is 6.16. The summed E-state index contributed by atoms with van der Waals surface area (Å²) in [4.78, 5) is 7.96. The summed E-state index contributed by atoms with van der Waals surface area (Å²) in [6.45, 7) is 1.99. The molecular formula is C9H10N4. The molecule has 0 saturated heterocycles. The van der Waals surface area contributed by atoms with E-state index in [0.717, 1.165) is 16.5 Å². The van der Waals surface area contributed by atoms with Crippen LogP contribution in [0.3, 0.4) is 0 Å². The number of benzene rings is 1. The lowest BCUT2D eigenvalue weighted by atomic mass is 10.2. The number of nitrogen functional groups attached to an aromatic ring is 2. The van der Waals surface area contributed by atoms with Gasteiger partial charge in [0.05, 0.1) is 5.52 Å². The maximum absolute atomic E-state index is 5.68. The van der Waals surface area contributed by atoms with Crippen molar-refractivity contribution in [3.05, 3.63) is 23.8 Å². The molecule has 0 saturated carbocycles. The molecule has 4 N–H and O–H groups in total. The zero-order chi connectivity index (χ0) is 9.42. The van der Waals surface area contributed by atoms with Crippen molar-refractivity contribution in [1.82, 2.24) is 9.97 Å². The molecule has 4 nitrogen and oxygen atoms in total. The smallest absolute Gasteiger partial charge is 0.222 e. The second-order valence-corrected chi connectivity index (χ2v) is 2.99. The van der Waals surface area contributed by atoms with Crippen LogP contribution in [0.2, 0.25) is 0 Å². The van der Waals surface area contributed by atoms with E-state index in [1.165, 1.54) is 0 Å². The second kappa shape index (κ2) is 2.58. The largest absolute Gasteiger partial charge is 0.383 e. The van der Waals surface area contributed by atoms with Crippen LogP contribution in [0, 0.1) is 6.92 Å². The summed E-state index contributed by atoms with van der Waals surface area (Å²) in [5.74, 6) is 0.651. The maximum atomic E-state index is 5.68. The Balaban J connectivity index is 2.86. The van der Waals surface area contributed by atoms with Crippen molar-refractivity contribution in [2.45, 2.75) is 6.92 Å². The number of hydrogen-bond acceptors (Lipinski definition) is 4. The van der Waals surface area contributed by atoms with Gasteiger partial charge in [-0.3, -0.25) is 0 Å². The molecule has 1 heterocycles. The molecule has 2 aromatic rings. The lowest BCUT2D eigenvalue weighted by molar-refractivity contribution is 1.24. The third-order valence-electron chi connectivity index (χ3n) is 1.90. The molecular weight excluding hydrogens is 164 g/mol. The van der Waals surface area contributed by atoms with Gasteiger partial charge in [-0.2, -0.15) is 4.98 Å². The first-order valence-electron chi connectivity index (χ1n) is 3.96. The number of aryl methyl sites for hydroxylation is 1. The van der Waals surface area contributed by atoms with Gasteiger partial charge in [0.2, 0.25) is 5.95 Å². The normalized spacial score (nSPS) is 10.5. The van der Waals surface area contributed by atoms with Crippen LogP contribution in [-0.4, -0.2) is 9.97 Å². The van der Waals surface area contributed by atoms with E-state index in [2.05, 4.69) is 9.97 Å². The molecule has 0 aliphatic heterocycles. The number of hydrogen-bond donors (Lipinski definition) is 2. The van der Waals surface area contributed by atoms with Gasteiger partial charge >= 0.3 is 0 Å². The Morgan fingerprint density at radius 1 is 1.15 bits per heavy atom. The van der Waals surface area contributed by atoms with Gasteiger partial charge in [-0.15, -0.1) is 0 Å². The highest BCUT2D eigenvalue weighted by atomic mass is 15.0. The summed E-state index contributed by atoms with van der Waals surface area (Å²) in [5, 5.41) is 0.847. The Kier molecular flexibility index (Phi) is 1.55. The SMILES string of the molecule is Cc1ccc2c(N)nc(N)nc2c1. The van der Waals surface area contributed by atoms with Crippen LogP contribution in [-0.2, 0) is 0 Å². The van der Waals surface area contributed by atoms with Crippen LogP contribution in [0.5, 0.6) is 0 Å². The minimum atomic E-state index is 0.218. The Morgan fingerprint density at radius 3 is 2.69 bits per heavy atom. The molecule has 4 heteroatoms. The Morgan fingerprint density at radius 2 is 1.92 bits per heavy atom. The van der Waals surface area contributed by atoms with Crippen molar-refractivity contribution >= 4 is 22.7 Å². The molecule has 0 radical (unpaired) electrons. The highest BCUT2D eigenvalue weighted by Crippen LogP contribution is 2.19. The van der Waals surface area contributed by atoms with E-state index in [4.69, 9.17) is 11.5 Å². The molecule has 0 unspecified atom stereocenters. The second-order valence-electron chi connectivity index (χ2n) is 2.99. The summed E-state index contributed by atoms with van der Waals surface area (Å²) >= 11 is 0. The van der Waals surface area contributed by atoms with E-state index in [0.29, 0.717) is 5.82 Å². The number of nitrogens with two attached hydrogens (primary N) is 2. The van der Waals surface area contributed by atoms with E-state index in [-0.39, 0.29) is 5.95 Å².